The Morgan fingerprint density at radius 2 is 1.86 bits per heavy atom. The van der Waals surface area contributed by atoms with E-state index in [1.807, 2.05) is 11.1 Å². The van der Waals surface area contributed by atoms with Gasteiger partial charge in [0.2, 0.25) is 5.91 Å². The van der Waals surface area contributed by atoms with Gasteiger partial charge in [-0.25, -0.2) is 4.39 Å². The van der Waals surface area contributed by atoms with E-state index in [2.05, 4.69) is 4.98 Å². The Kier molecular flexibility index (Phi) is 3.21. The second-order valence-corrected chi connectivity index (χ2v) is 6.68. The number of carbonyl (C=O) groups is 1. The van der Waals surface area contributed by atoms with E-state index in [9.17, 15) is 9.18 Å². The quantitative estimate of drug-likeness (QED) is 0.901. The summed E-state index contributed by atoms with van der Waals surface area (Å²) in [5.74, 6) is 0.00549. The number of aromatic amines is 1. The Morgan fingerprint density at radius 3 is 2.55 bits per heavy atom. The molecule has 2 fully saturated rings. The number of aromatic nitrogens is 1. The van der Waals surface area contributed by atoms with Gasteiger partial charge in [0.05, 0.1) is 5.41 Å². The summed E-state index contributed by atoms with van der Waals surface area (Å²) in [6.45, 7) is 1.74. The number of halogens is 1. The Labute approximate surface area is 129 Å². The molecular formula is C18H21FN2O. The highest BCUT2D eigenvalue weighted by Crippen LogP contribution is 2.52. The fraction of sp³-hybridized carbons (Fsp3) is 0.500. The van der Waals surface area contributed by atoms with E-state index in [1.54, 1.807) is 12.1 Å². The van der Waals surface area contributed by atoms with Crippen molar-refractivity contribution in [3.8, 4) is 0 Å². The smallest absolute Gasteiger partial charge is 0.233 e. The highest BCUT2D eigenvalue weighted by molar-refractivity contribution is 5.97. The lowest BCUT2D eigenvalue weighted by Gasteiger charge is -2.26. The van der Waals surface area contributed by atoms with Crippen LogP contribution in [0.3, 0.4) is 0 Å². The molecule has 2 aromatic rings. The van der Waals surface area contributed by atoms with Crippen molar-refractivity contribution in [1.82, 2.24) is 9.88 Å². The molecule has 0 radical (unpaired) electrons. The van der Waals surface area contributed by atoms with Crippen LogP contribution in [0.2, 0.25) is 0 Å². The molecule has 22 heavy (non-hydrogen) atoms. The van der Waals surface area contributed by atoms with Crippen LogP contribution in [-0.4, -0.2) is 28.9 Å². The Morgan fingerprint density at radius 1 is 1.14 bits per heavy atom. The summed E-state index contributed by atoms with van der Waals surface area (Å²) in [4.78, 5) is 18.3. The molecule has 1 N–H and O–H groups in total. The fourth-order valence-electron chi connectivity index (χ4n) is 3.79. The molecule has 0 spiro atoms. The fourth-order valence-corrected chi connectivity index (χ4v) is 3.79. The van der Waals surface area contributed by atoms with Crippen LogP contribution in [0.4, 0.5) is 4.39 Å². The summed E-state index contributed by atoms with van der Waals surface area (Å²) < 4.78 is 13.6. The minimum atomic E-state index is -0.406. The molecule has 2 aliphatic rings. The third kappa shape index (κ3) is 2.13. The van der Waals surface area contributed by atoms with E-state index in [1.165, 1.54) is 18.9 Å². The van der Waals surface area contributed by atoms with Gasteiger partial charge in [0.1, 0.15) is 5.82 Å². The lowest BCUT2D eigenvalue weighted by molar-refractivity contribution is -0.133. The highest BCUT2D eigenvalue weighted by atomic mass is 19.1. The number of hydrogen-bond donors (Lipinski definition) is 1. The molecule has 4 rings (SSSR count). The number of carbonyl (C=O) groups excluding carboxylic acids is 1. The molecule has 3 nitrogen and oxygen atoms in total. The van der Waals surface area contributed by atoms with Gasteiger partial charge in [-0.15, -0.1) is 0 Å². The third-order valence-electron chi connectivity index (χ3n) is 5.21. The molecule has 1 aliphatic heterocycles. The minimum Gasteiger partial charge on any atom is -0.361 e. The van der Waals surface area contributed by atoms with Gasteiger partial charge in [-0.3, -0.25) is 4.79 Å². The van der Waals surface area contributed by atoms with E-state index >= 15 is 0 Å². The van der Waals surface area contributed by atoms with Crippen molar-refractivity contribution in [2.45, 2.75) is 43.9 Å². The molecule has 4 heteroatoms. The van der Waals surface area contributed by atoms with Crippen molar-refractivity contribution >= 4 is 16.8 Å². The predicted octanol–water partition coefficient (Wildman–Crippen LogP) is 3.74. The first-order valence-electron chi connectivity index (χ1n) is 8.27. The zero-order valence-electron chi connectivity index (χ0n) is 12.7. The van der Waals surface area contributed by atoms with E-state index in [0.29, 0.717) is 0 Å². The highest BCUT2D eigenvalue weighted by Gasteiger charge is 2.54. The summed E-state index contributed by atoms with van der Waals surface area (Å²) in [6, 6.07) is 4.76. The molecule has 1 aromatic carbocycles. The van der Waals surface area contributed by atoms with Crippen LogP contribution in [0.1, 0.15) is 44.1 Å². The van der Waals surface area contributed by atoms with Crippen molar-refractivity contribution in [2.75, 3.05) is 13.1 Å². The maximum atomic E-state index is 13.6. The number of likely N-dealkylation sites (tertiary alicyclic amines) is 1. The number of fused-ring (bicyclic) bond motifs is 1. The first kappa shape index (κ1) is 13.8. The molecule has 2 heterocycles. The molecule has 1 aliphatic carbocycles. The topological polar surface area (TPSA) is 36.1 Å². The number of hydrogen-bond acceptors (Lipinski definition) is 1. The lowest BCUT2D eigenvalue weighted by atomic mass is 9.93. The van der Waals surface area contributed by atoms with Gasteiger partial charge >= 0.3 is 0 Å². The average molecular weight is 300 g/mol. The van der Waals surface area contributed by atoms with Gasteiger partial charge in [0, 0.05) is 30.2 Å². The zero-order chi connectivity index (χ0) is 15.2. The first-order valence-corrected chi connectivity index (χ1v) is 8.27. The van der Waals surface area contributed by atoms with Gasteiger partial charge in [-0.05, 0) is 49.4 Å². The van der Waals surface area contributed by atoms with Crippen molar-refractivity contribution in [1.29, 1.82) is 0 Å². The molecular weight excluding hydrogens is 279 g/mol. The molecule has 116 valence electrons. The van der Waals surface area contributed by atoms with Gasteiger partial charge in [-0.1, -0.05) is 12.8 Å². The standard InChI is InChI=1S/C18H21FN2O/c19-13-5-6-16-14(11-13)15(12-20-16)18(7-8-18)17(22)21-9-3-1-2-4-10-21/h5-6,11-12,20H,1-4,7-10H2. The number of rotatable bonds is 2. The number of benzene rings is 1. The Balaban J connectivity index is 1.70. The second-order valence-electron chi connectivity index (χ2n) is 6.68. The van der Waals surface area contributed by atoms with Crippen LogP contribution in [0.15, 0.2) is 24.4 Å². The lowest BCUT2D eigenvalue weighted by Crippen LogP contribution is -2.39. The van der Waals surface area contributed by atoms with E-state index in [0.717, 1.165) is 55.2 Å². The van der Waals surface area contributed by atoms with Crippen LogP contribution in [0, 0.1) is 5.82 Å². The number of nitrogens with one attached hydrogen (secondary N) is 1. The van der Waals surface area contributed by atoms with E-state index in [-0.39, 0.29) is 11.7 Å². The molecule has 1 amide bonds. The largest absolute Gasteiger partial charge is 0.361 e. The van der Waals surface area contributed by atoms with Gasteiger partial charge < -0.3 is 9.88 Å². The predicted molar refractivity (Wildman–Crippen MR) is 84.2 cm³/mol. The maximum Gasteiger partial charge on any atom is 0.233 e. The summed E-state index contributed by atoms with van der Waals surface area (Å²) >= 11 is 0. The maximum absolute atomic E-state index is 13.6. The monoisotopic (exact) mass is 300 g/mol. The number of H-pyrrole nitrogens is 1. The molecule has 0 bridgehead atoms. The minimum absolute atomic E-state index is 0.244. The van der Waals surface area contributed by atoms with Crippen LogP contribution >= 0.6 is 0 Å². The summed E-state index contributed by atoms with van der Waals surface area (Å²) in [6.07, 6.45) is 8.31. The normalized spacial score (nSPS) is 20.9. The number of amides is 1. The van der Waals surface area contributed by atoms with Gasteiger partial charge in [-0.2, -0.15) is 0 Å². The van der Waals surface area contributed by atoms with E-state index < -0.39 is 5.41 Å². The Bertz CT molecular complexity index is 709. The van der Waals surface area contributed by atoms with Crippen molar-refractivity contribution in [3.63, 3.8) is 0 Å². The second kappa shape index (κ2) is 5.11. The van der Waals surface area contributed by atoms with Crippen LogP contribution < -0.4 is 0 Å². The zero-order valence-corrected chi connectivity index (χ0v) is 12.7. The SMILES string of the molecule is O=C(N1CCCCCC1)C1(c2c[nH]c3ccc(F)cc23)CC1. The molecule has 1 saturated heterocycles. The van der Waals surface area contributed by atoms with E-state index in [4.69, 9.17) is 0 Å². The summed E-state index contributed by atoms with van der Waals surface area (Å²) in [5.41, 5.74) is 1.48. The van der Waals surface area contributed by atoms with Gasteiger partial charge in [0.25, 0.3) is 0 Å². The van der Waals surface area contributed by atoms with Crippen LogP contribution in [0.25, 0.3) is 10.9 Å². The van der Waals surface area contributed by atoms with Crippen LogP contribution in [0.5, 0.6) is 0 Å². The number of nitrogens with zero attached hydrogens (tertiary/aromatic N) is 1. The average Bonchev–Trinajstić information content (AvgIpc) is 3.28. The summed E-state index contributed by atoms with van der Waals surface area (Å²) in [7, 11) is 0. The van der Waals surface area contributed by atoms with Gasteiger partial charge in [0.15, 0.2) is 0 Å². The Hall–Kier alpha value is -1.84. The van der Waals surface area contributed by atoms with Crippen LogP contribution in [-0.2, 0) is 10.2 Å². The third-order valence-corrected chi connectivity index (χ3v) is 5.21. The van der Waals surface area contributed by atoms with Crippen molar-refractivity contribution in [3.05, 3.63) is 35.8 Å². The molecule has 1 aromatic heterocycles. The first-order chi connectivity index (χ1) is 10.7. The molecule has 0 unspecified atom stereocenters. The molecule has 0 atom stereocenters. The van der Waals surface area contributed by atoms with Crippen molar-refractivity contribution in [2.24, 2.45) is 0 Å². The van der Waals surface area contributed by atoms with Crippen molar-refractivity contribution < 1.29 is 9.18 Å². The summed E-state index contributed by atoms with van der Waals surface area (Å²) in [5, 5.41) is 0.862. The molecule has 1 saturated carbocycles.